The Morgan fingerprint density at radius 3 is 2.44 bits per heavy atom. The first-order valence-corrected chi connectivity index (χ1v) is 20.4. The number of carbonyl (C=O) groups excluding carboxylic acids is 2. The Balaban J connectivity index is 0.887. The number of hydrogen-bond donors (Lipinski definition) is 3. The van der Waals surface area contributed by atoms with Crippen LogP contribution in [0.25, 0.3) is 10.9 Å². The average Bonchev–Trinajstić information content (AvgIpc) is 3.55. The maximum atomic E-state index is 16.1. The second-order valence-electron chi connectivity index (χ2n) is 17.0. The van der Waals surface area contributed by atoms with E-state index in [0.29, 0.717) is 51.3 Å². The zero-order chi connectivity index (χ0) is 40.0. The molecule has 3 unspecified atom stereocenters. The van der Waals surface area contributed by atoms with E-state index in [4.69, 9.17) is 4.74 Å². The number of fused-ring (bicyclic) bond motifs is 4. The van der Waals surface area contributed by atoms with E-state index in [1.807, 2.05) is 36.1 Å². The minimum Gasteiger partial charge on any atom is -0.492 e. The summed E-state index contributed by atoms with van der Waals surface area (Å²) in [6.07, 6.45) is 5.15. The molecule has 13 heteroatoms. The van der Waals surface area contributed by atoms with Gasteiger partial charge in [-0.05, 0) is 81.7 Å². The summed E-state index contributed by atoms with van der Waals surface area (Å²) in [7, 11) is 0. The van der Waals surface area contributed by atoms with Gasteiger partial charge in [-0.2, -0.15) is 0 Å². The average molecular weight is 789 g/mol. The van der Waals surface area contributed by atoms with E-state index in [1.165, 1.54) is 32.0 Å². The number of hydrogen-bond acceptors (Lipinski definition) is 6. The molecule has 0 bridgehead atoms. The molecule has 3 aromatic carbocycles. The maximum absolute atomic E-state index is 16.1. The van der Waals surface area contributed by atoms with Gasteiger partial charge in [-0.15, -0.1) is 0 Å². The van der Waals surface area contributed by atoms with Gasteiger partial charge in [0, 0.05) is 91.6 Å². The predicted octanol–water partition coefficient (Wildman–Crippen LogP) is 6.86. The molecule has 57 heavy (non-hydrogen) atoms. The number of rotatable bonds is 10. The summed E-state index contributed by atoms with van der Waals surface area (Å²) in [5, 5.41) is 0.994. The van der Waals surface area contributed by atoms with Gasteiger partial charge in [0.25, 0.3) is 5.91 Å². The van der Waals surface area contributed by atoms with Crippen molar-refractivity contribution >= 4 is 22.7 Å². The van der Waals surface area contributed by atoms with Crippen LogP contribution >= 0.6 is 0 Å². The molecule has 2 saturated heterocycles. The van der Waals surface area contributed by atoms with E-state index >= 15 is 17.6 Å². The third-order valence-corrected chi connectivity index (χ3v) is 12.5. The fourth-order valence-corrected chi connectivity index (χ4v) is 9.69. The molecule has 5 atom stereocenters. The molecule has 4 heterocycles. The van der Waals surface area contributed by atoms with Crippen molar-refractivity contribution in [2.24, 2.45) is 11.8 Å². The van der Waals surface area contributed by atoms with Crippen LogP contribution in [0.5, 0.6) is 5.75 Å². The van der Waals surface area contributed by atoms with Crippen LogP contribution < -0.4 is 15.6 Å². The van der Waals surface area contributed by atoms with E-state index < -0.39 is 29.2 Å². The van der Waals surface area contributed by atoms with E-state index in [0.717, 1.165) is 47.7 Å². The summed E-state index contributed by atoms with van der Waals surface area (Å²) >= 11 is 0. The first-order chi connectivity index (χ1) is 27.3. The second kappa shape index (κ2) is 16.1. The molecule has 0 radical (unpaired) electrons. The van der Waals surface area contributed by atoms with Crippen molar-refractivity contribution in [2.75, 3.05) is 45.9 Å². The Bertz CT molecular complexity index is 2110. The summed E-state index contributed by atoms with van der Waals surface area (Å²) < 4.78 is 68.3. The van der Waals surface area contributed by atoms with Crippen LogP contribution in [0.15, 0.2) is 54.6 Å². The van der Waals surface area contributed by atoms with Crippen LogP contribution in [-0.2, 0) is 17.6 Å². The van der Waals surface area contributed by atoms with Crippen LogP contribution in [0.1, 0.15) is 85.2 Å². The van der Waals surface area contributed by atoms with Crippen LogP contribution in [0.3, 0.4) is 0 Å². The highest BCUT2D eigenvalue weighted by Gasteiger charge is 2.42. The number of nitrogens with zero attached hydrogens (tertiary/aromatic N) is 3. The van der Waals surface area contributed by atoms with Crippen molar-refractivity contribution < 1.29 is 31.9 Å². The normalized spacial score (nSPS) is 24.6. The van der Waals surface area contributed by atoms with Gasteiger partial charge in [0.2, 0.25) is 5.91 Å². The molecule has 1 aromatic heterocycles. The number of alkyl halides is 1. The molecule has 4 aromatic rings. The number of aromatic nitrogens is 1. The lowest BCUT2D eigenvalue weighted by Gasteiger charge is -2.43. The number of carbonyl (C=O) groups is 2. The molecule has 3 fully saturated rings. The zero-order valence-corrected chi connectivity index (χ0v) is 32.9. The van der Waals surface area contributed by atoms with Gasteiger partial charge in [-0.25, -0.2) is 23.0 Å². The SMILES string of the molecule is C[C@@H]1Cc2c([nH]c3ccccc23)[C@@H](c2c(F)cc(OCCN3CCN(C(=O)c4cc(CC5NNC(=O)C6CCCCC56)ccc4F)CC3)cc2F)N1CC(C)(C)F. The standard InChI is InChI=1S/C44H52F4N6O3/c1-26-20-32-30-9-6-7-11-37(30)49-40(32)41(54(26)25-44(2,3)48)39-35(46)23-28(24-36(39)47)57-19-18-52-14-16-53(17-15-52)43(56)33-21-27(12-13-34(33)45)22-38-29-8-4-5-10-31(29)42(55)51-50-38/h6-7,9,11-13,21,23-24,26,29,31,38,41,49-50H,4-5,8,10,14-20,22,25H2,1-3H3,(H,51,55)/t26-,29?,31?,38?,41-/m1/s1. The van der Waals surface area contributed by atoms with Crippen molar-refractivity contribution in [1.29, 1.82) is 0 Å². The number of halogens is 4. The molecular formula is C44H52F4N6O3. The maximum Gasteiger partial charge on any atom is 0.256 e. The van der Waals surface area contributed by atoms with E-state index in [-0.39, 0.29) is 65.8 Å². The minimum atomic E-state index is -1.60. The van der Waals surface area contributed by atoms with Crippen molar-refractivity contribution in [2.45, 2.75) is 83.1 Å². The number of piperazine rings is 1. The number of amides is 2. The highest BCUT2D eigenvalue weighted by atomic mass is 19.1. The van der Waals surface area contributed by atoms with Gasteiger partial charge in [-0.1, -0.05) is 37.1 Å². The molecular weight excluding hydrogens is 737 g/mol. The highest BCUT2D eigenvalue weighted by molar-refractivity contribution is 5.94. The van der Waals surface area contributed by atoms with Gasteiger partial charge in [-0.3, -0.25) is 24.8 Å². The van der Waals surface area contributed by atoms with Crippen LogP contribution in [0.2, 0.25) is 0 Å². The van der Waals surface area contributed by atoms with E-state index in [9.17, 15) is 9.59 Å². The fourth-order valence-electron chi connectivity index (χ4n) is 9.69. The number of benzene rings is 3. The molecule has 0 spiro atoms. The molecule has 304 valence electrons. The van der Waals surface area contributed by atoms with Gasteiger partial charge < -0.3 is 14.6 Å². The van der Waals surface area contributed by atoms with Crippen LogP contribution in [0, 0.1) is 29.3 Å². The number of ether oxygens (including phenoxy) is 1. The van der Waals surface area contributed by atoms with Gasteiger partial charge in [0.15, 0.2) is 0 Å². The summed E-state index contributed by atoms with van der Waals surface area (Å²) in [6.45, 7) is 7.37. The largest absolute Gasteiger partial charge is 0.492 e. The number of para-hydroxylation sites is 1. The fraction of sp³-hybridized carbons (Fsp3) is 0.500. The van der Waals surface area contributed by atoms with Crippen LogP contribution in [-0.4, -0.2) is 95.1 Å². The number of hydrazine groups is 1. The number of nitrogens with one attached hydrogen (secondary N) is 3. The Labute approximate surface area is 331 Å². The third kappa shape index (κ3) is 8.16. The molecule has 8 rings (SSSR count). The van der Waals surface area contributed by atoms with Gasteiger partial charge in [0.05, 0.1) is 11.6 Å². The van der Waals surface area contributed by atoms with Crippen molar-refractivity contribution in [3.63, 3.8) is 0 Å². The van der Waals surface area contributed by atoms with Crippen molar-refractivity contribution in [3.8, 4) is 5.75 Å². The highest BCUT2D eigenvalue weighted by Crippen LogP contribution is 2.44. The minimum absolute atomic E-state index is 0.00814. The molecule has 9 nitrogen and oxygen atoms in total. The third-order valence-electron chi connectivity index (χ3n) is 12.5. The summed E-state index contributed by atoms with van der Waals surface area (Å²) in [5.74, 6) is -2.18. The second-order valence-corrected chi connectivity index (χ2v) is 17.0. The molecule has 2 amide bonds. The number of H-pyrrole nitrogens is 1. The van der Waals surface area contributed by atoms with Crippen molar-refractivity contribution in [3.05, 3.63) is 100.0 Å². The molecule has 3 N–H and O–H groups in total. The lowest BCUT2D eigenvalue weighted by Crippen LogP contribution is -2.60. The Morgan fingerprint density at radius 2 is 1.68 bits per heavy atom. The summed E-state index contributed by atoms with van der Waals surface area (Å²) in [6, 6.07) is 13.9. The Morgan fingerprint density at radius 1 is 0.947 bits per heavy atom. The van der Waals surface area contributed by atoms with E-state index in [2.05, 4.69) is 20.7 Å². The number of aromatic amines is 1. The monoisotopic (exact) mass is 788 g/mol. The topological polar surface area (TPSA) is 92.9 Å². The van der Waals surface area contributed by atoms with Crippen molar-refractivity contribution in [1.82, 2.24) is 30.5 Å². The molecule has 1 saturated carbocycles. The molecule has 4 aliphatic rings. The Kier molecular flexibility index (Phi) is 11.1. The molecule has 1 aliphatic carbocycles. The smallest absolute Gasteiger partial charge is 0.256 e. The quantitative estimate of drug-likeness (QED) is 0.152. The lowest BCUT2D eigenvalue weighted by molar-refractivity contribution is -0.133. The summed E-state index contributed by atoms with van der Waals surface area (Å²) in [4.78, 5) is 34.9. The predicted molar refractivity (Wildman–Crippen MR) is 210 cm³/mol. The van der Waals surface area contributed by atoms with E-state index in [1.54, 1.807) is 17.0 Å². The first-order valence-electron chi connectivity index (χ1n) is 20.4. The van der Waals surface area contributed by atoms with Gasteiger partial charge >= 0.3 is 0 Å². The lowest BCUT2D eigenvalue weighted by atomic mass is 9.72. The van der Waals surface area contributed by atoms with Gasteiger partial charge in [0.1, 0.15) is 35.5 Å². The van der Waals surface area contributed by atoms with Crippen LogP contribution in [0.4, 0.5) is 17.6 Å². The first kappa shape index (κ1) is 39.4. The zero-order valence-electron chi connectivity index (χ0n) is 32.9. The molecule has 3 aliphatic heterocycles. The summed E-state index contributed by atoms with van der Waals surface area (Å²) in [5.41, 5.74) is 7.63. The Hall–Kier alpha value is -4.46.